The van der Waals surface area contributed by atoms with Crippen molar-refractivity contribution in [2.24, 2.45) is 4.99 Å². The SMILES string of the molecule is CC1C(C(=O)O)=C(c2cccc([N+](=O)[O-])c2)N=C(c2ccccc2)N1C. The minimum absolute atomic E-state index is 0.104. The number of aliphatic imine (C=N–C) groups is 1. The first-order valence-corrected chi connectivity index (χ1v) is 7.99. The number of amidine groups is 1. The first-order valence-electron chi connectivity index (χ1n) is 7.99. The van der Waals surface area contributed by atoms with Crippen molar-refractivity contribution in [1.29, 1.82) is 0 Å². The summed E-state index contributed by atoms with van der Waals surface area (Å²) >= 11 is 0. The van der Waals surface area contributed by atoms with Crippen LogP contribution in [0.5, 0.6) is 0 Å². The number of aliphatic carboxylic acids is 1. The Kier molecular flexibility index (Phi) is 4.53. The van der Waals surface area contributed by atoms with Crippen LogP contribution < -0.4 is 0 Å². The van der Waals surface area contributed by atoms with Gasteiger partial charge in [0.1, 0.15) is 5.84 Å². The highest BCUT2D eigenvalue weighted by Crippen LogP contribution is 2.32. The molecule has 0 bridgehead atoms. The number of benzene rings is 2. The van der Waals surface area contributed by atoms with Crippen molar-refractivity contribution in [1.82, 2.24) is 4.90 Å². The standard InChI is InChI=1S/C19H17N3O4/c1-12-16(19(23)24)17(14-9-6-10-15(11-14)22(25)26)20-18(21(12)2)13-7-4-3-5-8-13/h3-12H,1-2H3,(H,23,24). The van der Waals surface area contributed by atoms with Gasteiger partial charge in [0.2, 0.25) is 0 Å². The molecular formula is C19H17N3O4. The van der Waals surface area contributed by atoms with E-state index in [1.165, 1.54) is 18.2 Å². The molecule has 7 nitrogen and oxygen atoms in total. The molecule has 26 heavy (non-hydrogen) atoms. The number of hydrogen-bond donors (Lipinski definition) is 1. The van der Waals surface area contributed by atoms with Crippen molar-refractivity contribution in [2.45, 2.75) is 13.0 Å². The summed E-state index contributed by atoms with van der Waals surface area (Å²) in [6.45, 7) is 1.78. The lowest BCUT2D eigenvalue weighted by Crippen LogP contribution is -2.41. The summed E-state index contributed by atoms with van der Waals surface area (Å²) in [7, 11) is 1.78. The lowest BCUT2D eigenvalue weighted by Gasteiger charge is -2.33. The Morgan fingerprint density at radius 3 is 2.42 bits per heavy atom. The highest BCUT2D eigenvalue weighted by molar-refractivity contribution is 6.08. The Morgan fingerprint density at radius 1 is 1.15 bits per heavy atom. The summed E-state index contributed by atoms with van der Waals surface area (Å²) in [5.74, 6) is -0.480. The lowest BCUT2D eigenvalue weighted by atomic mass is 9.97. The number of rotatable bonds is 4. The molecule has 1 aliphatic rings. The number of nitro benzene ring substituents is 1. The number of likely N-dealkylation sites (N-methyl/N-ethyl adjacent to an activating group) is 1. The van der Waals surface area contributed by atoms with E-state index >= 15 is 0 Å². The molecule has 132 valence electrons. The van der Waals surface area contributed by atoms with Crippen molar-refractivity contribution < 1.29 is 14.8 Å². The zero-order chi connectivity index (χ0) is 18.8. The van der Waals surface area contributed by atoms with Gasteiger partial charge in [-0.2, -0.15) is 0 Å². The second-order valence-corrected chi connectivity index (χ2v) is 5.96. The fourth-order valence-corrected chi connectivity index (χ4v) is 2.94. The van der Waals surface area contributed by atoms with Gasteiger partial charge in [0.25, 0.3) is 5.69 Å². The molecule has 0 aliphatic carbocycles. The highest BCUT2D eigenvalue weighted by atomic mass is 16.6. The molecule has 0 fully saturated rings. The fourth-order valence-electron chi connectivity index (χ4n) is 2.94. The van der Waals surface area contributed by atoms with Gasteiger partial charge in [0.15, 0.2) is 0 Å². The van der Waals surface area contributed by atoms with Crippen molar-refractivity contribution in [3.63, 3.8) is 0 Å². The first-order chi connectivity index (χ1) is 12.4. The number of carboxylic acid groups (broad SMARTS) is 1. The van der Waals surface area contributed by atoms with Crippen molar-refractivity contribution in [2.75, 3.05) is 7.05 Å². The van der Waals surface area contributed by atoms with E-state index in [0.717, 1.165) is 5.56 Å². The van der Waals surface area contributed by atoms with Crippen molar-refractivity contribution in [3.05, 3.63) is 81.4 Å². The quantitative estimate of drug-likeness (QED) is 0.674. The van der Waals surface area contributed by atoms with E-state index in [-0.39, 0.29) is 17.0 Å². The molecule has 0 aromatic heterocycles. The van der Waals surface area contributed by atoms with Crippen LogP contribution in [0.4, 0.5) is 5.69 Å². The van der Waals surface area contributed by atoms with Crippen LogP contribution in [0.15, 0.2) is 65.2 Å². The molecule has 1 atom stereocenters. The van der Waals surface area contributed by atoms with Gasteiger partial charge < -0.3 is 10.0 Å². The predicted octanol–water partition coefficient (Wildman–Crippen LogP) is 3.17. The van der Waals surface area contributed by atoms with E-state index in [0.29, 0.717) is 11.4 Å². The molecule has 0 radical (unpaired) electrons. The average Bonchev–Trinajstić information content (AvgIpc) is 2.64. The van der Waals surface area contributed by atoms with Gasteiger partial charge in [0, 0.05) is 30.3 Å². The molecule has 2 aromatic carbocycles. The summed E-state index contributed by atoms with van der Waals surface area (Å²) < 4.78 is 0. The third-order valence-electron chi connectivity index (χ3n) is 4.40. The summed E-state index contributed by atoms with van der Waals surface area (Å²) in [4.78, 5) is 28.8. The van der Waals surface area contributed by atoms with Crippen LogP contribution in [0, 0.1) is 10.1 Å². The third-order valence-corrected chi connectivity index (χ3v) is 4.40. The topological polar surface area (TPSA) is 96.0 Å². The molecule has 0 amide bonds. The number of non-ortho nitro benzene ring substituents is 1. The Bertz CT molecular complexity index is 935. The first kappa shape index (κ1) is 17.3. The maximum absolute atomic E-state index is 11.9. The summed E-state index contributed by atoms with van der Waals surface area (Å²) in [5.41, 5.74) is 1.49. The maximum atomic E-state index is 11.9. The van der Waals surface area contributed by atoms with Gasteiger partial charge in [-0.15, -0.1) is 0 Å². The molecule has 0 saturated carbocycles. The minimum atomic E-state index is -1.10. The number of hydrogen-bond acceptors (Lipinski definition) is 5. The zero-order valence-corrected chi connectivity index (χ0v) is 14.3. The summed E-state index contributed by atoms with van der Waals surface area (Å²) in [6.07, 6.45) is 0. The monoisotopic (exact) mass is 351 g/mol. The van der Waals surface area contributed by atoms with Crippen LogP contribution in [0.1, 0.15) is 18.1 Å². The molecule has 2 aromatic rings. The van der Waals surface area contributed by atoms with Crippen molar-refractivity contribution >= 4 is 23.2 Å². The second kappa shape index (κ2) is 6.79. The van der Waals surface area contributed by atoms with Gasteiger partial charge in [-0.25, -0.2) is 9.79 Å². The van der Waals surface area contributed by atoms with Crippen LogP contribution in [0.2, 0.25) is 0 Å². The van der Waals surface area contributed by atoms with Gasteiger partial charge in [-0.1, -0.05) is 42.5 Å². The van der Waals surface area contributed by atoms with Gasteiger partial charge in [0.05, 0.1) is 22.2 Å². The van der Waals surface area contributed by atoms with Crippen LogP contribution >= 0.6 is 0 Å². The van der Waals surface area contributed by atoms with Crippen LogP contribution in [-0.2, 0) is 4.79 Å². The molecule has 1 N–H and O–H groups in total. The highest BCUT2D eigenvalue weighted by Gasteiger charge is 2.32. The molecule has 0 saturated heterocycles. The van der Waals surface area contributed by atoms with Gasteiger partial charge in [-0.3, -0.25) is 10.1 Å². The largest absolute Gasteiger partial charge is 0.478 e. The Balaban J connectivity index is 2.23. The zero-order valence-electron chi connectivity index (χ0n) is 14.3. The van der Waals surface area contributed by atoms with Crippen LogP contribution in [-0.4, -0.2) is 39.8 Å². The molecule has 1 aliphatic heterocycles. The predicted molar refractivity (Wildman–Crippen MR) is 97.9 cm³/mol. The molecule has 3 rings (SSSR count). The van der Waals surface area contributed by atoms with Crippen LogP contribution in [0.25, 0.3) is 5.70 Å². The third kappa shape index (κ3) is 3.06. The van der Waals surface area contributed by atoms with Crippen molar-refractivity contribution in [3.8, 4) is 0 Å². The summed E-state index contributed by atoms with van der Waals surface area (Å²) in [5, 5.41) is 20.8. The minimum Gasteiger partial charge on any atom is -0.478 e. The summed E-state index contributed by atoms with van der Waals surface area (Å²) in [6, 6.07) is 14.8. The number of nitro groups is 1. The fraction of sp³-hybridized carbons (Fsp3) is 0.158. The van der Waals surface area contributed by atoms with Gasteiger partial charge in [-0.05, 0) is 6.92 Å². The average molecular weight is 351 g/mol. The van der Waals surface area contributed by atoms with E-state index in [4.69, 9.17) is 0 Å². The van der Waals surface area contributed by atoms with E-state index in [1.807, 2.05) is 30.3 Å². The number of carbonyl (C=O) groups is 1. The molecule has 0 spiro atoms. The maximum Gasteiger partial charge on any atom is 0.335 e. The van der Waals surface area contributed by atoms with E-state index < -0.39 is 16.9 Å². The smallest absolute Gasteiger partial charge is 0.335 e. The number of carboxylic acids is 1. The lowest BCUT2D eigenvalue weighted by molar-refractivity contribution is -0.384. The Hall–Kier alpha value is -3.48. The molecule has 7 heteroatoms. The number of nitrogens with zero attached hydrogens (tertiary/aromatic N) is 3. The Morgan fingerprint density at radius 2 is 1.81 bits per heavy atom. The molecular weight excluding hydrogens is 334 g/mol. The van der Waals surface area contributed by atoms with E-state index in [1.54, 1.807) is 24.9 Å². The molecule has 1 unspecified atom stereocenters. The van der Waals surface area contributed by atoms with E-state index in [9.17, 15) is 20.0 Å². The normalized spacial score (nSPS) is 17.1. The van der Waals surface area contributed by atoms with E-state index in [2.05, 4.69) is 4.99 Å². The molecule has 1 heterocycles. The Labute approximate surface area is 150 Å². The second-order valence-electron chi connectivity index (χ2n) is 5.96. The van der Waals surface area contributed by atoms with Crippen LogP contribution in [0.3, 0.4) is 0 Å². The van der Waals surface area contributed by atoms with Gasteiger partial charge >= 0.3 is 5.97 Å².